The number of fused-ring (bicyclic) bond motifs is 1. The van der Waals surface area contributed by atoms with Crippen molar-refractivity contribution in [2.45, 2.75) is 45.1 Å². The molecule has 0 aromatic heterocycles. The Kier molecular flexibility index (Phi) is 4.15. The number of benzene rings is 1. The van der Waals surface area contributed by atoms with Gasteiger partial charge < -0.3 is 15.0 Å². The molecule has 0 aliphatic carbocycles. The Morgan fingerprint density at radius 3 is 2.91 bits per heavy atom. The minimum Gasteiger partial charge on any atom is -0.376 e. The van der Waals surface area contributed by atoms with E-state index in [2.05, 4.69) is 5.32 Å². The summed E-state index contributed by atoms with van der Waals surface area (Å²) in [4.78, 5) is 26.5. The third-order valence-electron chi connectivity index (χ3n) is 4.75. The standard InChI is InChI=1S/C18H24N2O3/c1-12-6-7-15-14(9-12)18(2,3)17(22)20(15)11-16(21)19-10-13-5-4-8-23-13/h6-7,9,13H,4-5,8,10-11H2,1-3H3,(H,19,21). The van der Waals surface area contributed by atoms with Crippen LogP contribution in [-0.4, -0.2) is 37.6 Å². The van der Waals surface area contributed by atoms with Gasteiger partial charge in [0.05, 0.1) is 11.5 Å². The number of hydrogen-bond acceptors (Lipinski definition) is 3. The van der Waals surface area contributed by atoms with E-state index in [-0.39, 0.29) is 24.5 Å². The second-order valence-electron chi connectivity index (χ2n) is 6.98. The van der Waals surface area contributed by atoms with Crippen LogP contribution in [0.3, 0.4) is 0 Å². The molecule has 0 bridgehead atoms. The molecule has 1 N–H and O–H groups in total. The van der Waals surface area contributed by atoms with Crippen molar-refractivity contribution >= 4 is 17.5 Å². The van der Waals surface area contributed by atoms with Crippen LogP contribution in [-0.2, 0) is 19.7 Å². The van der Waals surface area contributed by atoms with Gasteiger partial charge in [-0.2, -0.15) is 0 Å². The molecule has 2 amide bonds. The predicted octanol–water partition coefficient (Wildman–Crippen LogP) is 1.91. The van der Waals surface area contributed by atoms with E-state index in [4.69, 9.17) is 4.74 Å². The quantitative estimate of drug-likeness (QED) is 0.923. The van der Waals surface area contributed by atoms with Crippen LogP contribution in [0.15, 0.2) is 18.2 Å². The highest BCUT2D eigenvalue weighted by Crippen LogP contribution is 2.41. The zero-order valence-corrected chi connectivity index (χ0v) is 14.0. The number of rotatable bonds is 4. The molecule has 2 aliphatic heterocycles. The number of hydrogen-bond donors (Lipinski definition) is 1. The average molecular weight is 316 g/mol. The summed E-state index contributed by atoms with van der Waals surface area (Å²) in [6.45, 7) is 7.19. The maximum absolute atomic E-state index is 12.7. The van der Waals surface area contributed by atoms with Crippen molar-refractivity contribution in [1.82, 2.24) is 5.32 Å². The number of ether oxygens (including phenoxy) is 1. The van der Waals surface area contributed by atoms with E-state index in [1.807, 2.05) is 39.0 Å². The molecule has 1 saturated heterocycles. The van der Waals surface area contributed by atoms with Crippen molar-refractivity contribution in [3.8, 4) is 0 Å². The SMILES string of the molecule is Cc1ccc2c(c1)C(C)(C)C(=O)N2CC(=O)NCC1CCCO1. The first-order valence-electron chi connectivity index (χ1n) is 8.21. The number of aryl methyl sites for hydroxylation is 1. The van der Waals surface area contributed by atoms with E-state index < -0.39 is 5.41 Å². The lowest BCUT2D eigenvalue weighted by atomic mass is 9.85. The van der Waals surface area contributed by atoms with Crippen LogP contribution in [0.5, 0.6) is 0 Å². The van der Waals surface area contributed by atoms with Crippen molar-refractivity contribution in [2.24, 2.45) is 0 Å². The number of nitrogens with zero attached hydrogens (tertiary/aromatic N) is 1. The van der Waals surface area contributed by atoms with Gasteiger partial charge in [0.2, 0.25) is 11.8 Å². The molecule has 5 heteroatoms. The molecule has 23 heavy (non-hydrogen) atoms. The maximum atomic E-state index is 12.7. The second-order valence-corrected chi connectivity index (χ2v) is 6.98. The molecule has 1 aromatic carbocycles. The molecule has 0 saturated carbocycles. The smallest absolute Gasteiger partial charge is 0.240 e. The van der Waals surface area contributed by atoms with Crippen molar-refractivity contribution in [2.75, 3.05) is 24.6 Å². The summed E-state index contributed by atoms with van der Waals surface area (Å²) in [5.41, 5.74) is 2.37. The molecule has 1 fully saturated rings. The molecule has 3 rings (SSSR count). The average Bonchev–Trinajstić information content (AvgIpc) is 3.08. The summed E-state index contributed by atoms with van der Waals surface area (Å²) in [5.74, 6) is -0.163. The second kappa shape index (κ2) is 5.96. The number of nitrogens with one attached hydrogen (secondary N) is 1. The summed E-state index contributed by atoms with van der Waals surface area (Å²) in [6, 6.07) is 5.95. The first-order valence-corrected chi connectivity index (χ1v) is 8.21. The van der Waals surface area contributed by atoms with Crippen LogP contribution >= 0.6 is 0 Å². The Morgan fingerprint density at radius 1 is 1.43 bits per heavy atom. The van der Waals surface area contributed by atoms with Crippen molar-refractivity contribution < 1.29 is 14.3 Å². The third kappa shape index (κ3) is 2.98. The van der Waals surface area contributed by atoms with Crippen LogP contribution in [0.2, 0.25) is 0 Å². The van der Waals surface area contributed by atoms with E-state index in [1.54, 1.807) is 4.90 Å². The van der Waals surface area contributed by atoms with Crippen molar-refractivity contribution in [3.05, 3.63) is 29.3 Å². The highest BCUT2D eigenvalue weighted by atomic mass is 16.5. The van der Waals surface area contributed by atoms with Crippen LogP contribution in [0.4, 0.5) is 5.69 Å². The molecule has 2 aliphatic rings. The fourth-order valence-corrected chi connectivity index (χ4v) is 3.34. The summed E-state index contributed by atoms with van der Waals surface area (Å²) < 4.78 is 5.50. The molecule has 124 valence electrons. The lowest BCUT2D eigenvalue weighted by Crippen LogP contribution is -2.44. The molecule has 5 nitrogen and oxygen atoms in total. The molecule has 1 atom stereocenters. The Bertz CT molecular complexity index is 633. The Balaban J connectivity index is 1.70. The highest BCUT2D eigenvalue weighted by Gasteiger charge is 2.44. The predicted molar refractivity (Wildman–Crippen MR) is 88.5 cm³/mol. The Labute approximate surface area is 137 Å². The van der Waals surface area contributed by atoms with Crippen LogP contribution in [0.25, 0.3) is 0 Å². The largest absolute Gasteiger partial charge is 0.376 e. The lowest BCUT2D eigenvalue weighted by Gasteiger charge is -2.20. The minimum absolute atomic E-state index is 0.0228. The molecule has 1 aromatic rings. The Hall–Kier alpha value is -1.88. The van der Waals surface area contributed by atoms with Gasteiger partial charge in [0.15, 0.2) is 0 Å². The first-order chi connectivity index (χ1) is 10.9. The van der Waals surface area contributed by atoms with Gasteiger partial charge in [-0.05, 0) is 45.2 Å². The fourth-order valence-electron chi connectivity index (χ4n) is 3.34. The number of amides is 2. The van der Waals surface area contributed by atoms with Crippen molar-refractivity contribution in [1.29, 1.82) is 0 Å². The zero-order chi connectivity index (χ0) is 16.6. The summed E-state index contributed by atoms with van der Waals surface area (Å²) >= 11 is 0. The maximum Gasteiger partial charge on any atom is 0.240 e. The fraction of sp³-hybridized carbons (Fsp3) is 0.556. The number of carbonyl (C=O) groups excluding carboxylic acids is 2. The Morgan fingerprint density at radius 2 is 2.22 bits per heavy atom. The van der Waals surface area contributed by atoms with Gasteiger partial charge in [-0.1, -0.05) is 17.7 Å². The number of carbonyl (C=O) groups is 2. The van der Waals surface area contributed by atoms with Crippen molar-refractivity contribution in [3.63, 3.8) is 0 Å². The van der Waals surface area contributed by atoms with E-state index in [0.29, 0.717) is 6.54 Å². The molecule has 1 unspecified atom stereocenters. The van der Waals surface area contributed by atoms with Gasteiger partial charge in [-0.15, -0.1) is 0 Å². The van der Waals surface area contributed by atoms with Gasteiger partial charge >= 0.3 is 0 Å². The molecule has 2 heterocycles. The van der Waals surface area contributed by atoms with Gasteiger partial charge in [-0.3, -0.25) is 9.59 Å². The van der Waals surface area contributed by atoms with Gasteiger partial charge in [0.25, 0.3) is 0 Å². The van der Waals surface area contributed by atoms with Crippen LogP contribution < -0.4 is 10.2 Å². The lowest BCUT2D eigenvalue weighted by molar-refractivity contribution is -0.125. The normalized spacial score (nSPS) is 22.3. The summed E-state index contributed by atoms with van der Waals surface area (Å²) in [5, 5.41) is 2.88. The van der Waals surface area contributed by atoms with Gasteiger partial charge in [0.1, 0.15) is 6.54 Å². The summed E-state index contributed by atoms with van der Waals surface area (Å²) in [6.07, 6.45) is 2.14. The third-order valence-corrected chi connectivity index (χ3v) is 4.75. The first kappa shape index (κ1) is 16.0. The van der Waals surface area contributed by atoms with Crippen LogP contribution in [0.1, 0.15) is 37.8 Å². The molecular weight excluding hydrogens is 292 g/mol. The van der Waals surface area contributed by atoms with E-state index in [9.17, 15) is 9.59 Å². The highest BCUT2D eigenvalue weighted by molar-refractivity contribution is 6.10. The number of anilines is 1. The molecule has 0 spiro atoms. The van der Waals surface area contributed by atoms with Crippen LogP contribution in [0, 0.1) is 6.92 Å². The van der Waals surface area contributed by atoms with E-state index in [0.717, 1.165) is 36.3 Å². The zero-order valence-electron chi connectivity index (χ0n) is 14.0. The van der Waals surface area contributed by atoms with E-state index in [1.165, 1.54) is 0 Å². The van der Waals surface area contributed by atoms with Gasteiger partial charge in [0, 0.05) is 18.8 Å². The summed E-state index contributed by atoms with van der Waals surface area (Å²) in [7, 11) is 0. The van der Waals surface area contributed by atoms with E-state index >= 15 is 0 Å². The molecular formula is C18H24N2O3. The van der Waals surface area contributed by atoms with Gasteiger partial charge in [-0.25, -0.2) is 0 Å². The monoisotopic (exact) mass is 316 g/mol. The minimum atomic E-state index is -0.587. The molecule has 0 radical (unpaired) electrons. The topological polar surface area (TPSA) is 58.6 Å².